The van der Waals surface area contributed by atoms with E-state index in [2.05, 4.69) is 23.2 Å². The first-order valence-corrected chi connectivity index (χ1v) is 10.8. The lowest BCUT2D eigenvalue weighted by Gasteiger charge is -2.41. The van der Waals surface area contributed by atoms with E-state index in [-0.39, 0.29) is 23.7 Å². The molecule has 2 aliphatic carbocycles. The summed E-state index contributed by atoms with van der Waals surface area (Å²) >= 11 is 0. The van der Waals surface area contributed by atoms with Crippen LogP contribution in [0.4, 0.5) is 5.69 Å². The second kappa shape index (κ2) is 6.46. The number of carbonyl (C=O) groups is 2. The minimum Gasteiger partial charge on any atom is -0.497 e. The fourth-order valence-corrected chi connectivity index (χ4v) is 6.19. The van der Waals surface area contributed by atoms with E-state index in [1.165, 1.54) is 22.3 Å². The van der Waals surface area contributed by atoms with E-state index in [0.29, 0.717) is 17.4 Å². The van der Waals surface area contributed by atoms with Gasteiger partial charge in [-0.2, -0.15) is 0 Å². The van der Waals surface area contributed by atoms with Crippen molar-refractivity contribution in [3.8, 4) is 5.75 Å². The molecule has 152 valence electrons. The van der Waals surface area contributed by atoms with E-state index in [4.69, 9.17) is 4.74 Å². The highest BCUT2D eigenvalue weighted by molar-refractivity contribution is 6.24. The van der Waals surface area contributed by atoms with Gasteiger partial charge in [-0.3, -0.25) is 9.59 Å². The summed E-state index contributed by atoms with van der Waals surface area (Å²) in [6.07, 6.45) is 4.42. The maximum absolute atomic E-state index is 13.7. The van der Waals surface area contributed by atoms with Crippen LogP contribution in [0.2, 0.25) is 0 Å². The highest BCUT2D eigenvalue weighted by Crippen LogP contribution is 2.57. The average molecular weight is 400 g/mol. The monoisotopic (exact) mass is 400 g/mol. The summed E-state index contributed by atoms with van der Waals surface area (Å²) in [6, 6.07) is 15.5. The number of anilines is 1. The van der Waals surface area contributed by atoms with Crippen molar-refractivity contribution in [1.29, 1.82) is 0 Å². The third kappa shape index (κ3) is 2.29. The van der Waals surface area contributed by atoms with Crippen molar-refractivity contribution in [2.24, 2.45) is 11.8 Å². The minimum atomic E-state index is -0.415. The largest absolute Gasteiger partial charge is 0.497 e. The molecule has 0 radical (unpaired) electrons. The van der Waals surface area contributed by atoms with Crippen molar-refractivity contribution in [1.82, 2.24) is 4.98 Å². The van der Waals surface area contributed by atoms with Crippen molar-refractivity contribution in [3.63, 3.8) is 0 Å². The van der Waals surface area contributed by atoms with E-state index in [1.54, 1.807) is 31.4 Å². The van der Waals surface area contributed by atoms with Gasteiger partial charge in [-0.15, -0.1) is 0 Å². The molecule has 2 heterocycles. The molecule has 1 aromatic heterocycles. The van der Waals surface area contributed by atoms with Crippen LogP contribution in [0, 0.1) is 11.8 Å². The summed E-state index contributed by atoms with van der Waals surface area (Å²) in [6.45, 7) is 0. The van der Waals surface area contributed by atoms with Gasteiger partial charge in [-0.05, 0) is 60.6 Å². The number of aromatic amines is 1. The van der Waals surface area contributed by atoms with Gasteiger partial charge in [0.25, 0.3) is 0 Å². The summed E-state index contributed by atoms with van der Waals surface area (Å²) in [4.78, 5) is 32.3. The molecular weight excluding hydrogens is 376 g/mol. The standard InChI is InChI=1S/C25H24N2O3/c1-30-15-12-10-14(11-13-15)27-24(28)21-17-7-3-2-6-16(17)20-18-8-4-5-9-19(18)26-23(20)22(21)25(27)29/h4-5,8-13,16-17,21-22,26H,2-3,6-7H2,1H3. The zero-order chi connectivity index (χ0) is 20.4. The number of H-pyrrole nitrogens is 1. The van der Waals surface area contributed by atoms with Crippen LogP contribution in [0.15, 0.2) is 48.5 Å². The van der Waals surface area contributed by atoms with Crippen molar-refractivity contribution in [2.75, 3.05) is 12.0 Å². The Bertz CT molecular complexity index is 1160. The third-order valence-electron chi connectivity index (χ3n) is 7.42. The SMILES string of the molecule is COc1ccc(N2C(=O)C3c4[nH]c5ccccc5c4C4CCCCC4C3C2=O)cc1. The quantitative estimate of drug-likeness (QED) is 0.632. The van der Waals surface area contributed by atoms with Gasteiger partial charge >= 0.3 is 0 Å². The number of methoxy groups -OCH3 is 1. The van der Waals surface area contributed by atoms with Crippen LogP contribution in [-0.2, 0) is 9.59 Å². The van der Waals surface area contributed by atoms with E-state index in [0.717, 1.165) is 30.5 Å². The number of nitrogens with zero attached hydrogens (tertiary/aromatic N) is 1. The fraction of sp³-hybridized carbons (Fsp3) is 0.360. The number of rotatable bonds is 2. The Morgan fingerprint density at radius 1 is 0.967 bits per heavy atom. The first-order valence-electron chi connectivity index (χ1n) is 10.8. The van der Waals surface area contributed by atoms with Crippen LogP contribution in [0.5, 0.6) is 5.75 Å². The van der Waals surface area contributed by atoms with Crippen molar-refractivity contribution >= 4 is 28.4 Å². The van der Waals surface area contributed by atoms with Gasteiger partial charge in [-0.25, -0.2) is 4.90 Å². The molecule has 5 nitrogen and oxygen atoms in total. The number of hydrogen-bond donors (Lipinski definition) is 1. The number of amides is 2. The van der Waals surface area contributed by atoms with Crippen molar-refractivity contribution < 1.29 is 14.3 Å². The van der Waals surface area contributed by atoms with Crippen LogP contribution in [0.25, 0.3) is 10.9 Å². The van der Waals surface area contributed by atoms with Crippen LogP contribution in [0.1, 0.15) is 48.8 Å². The molecule has 1 saturated carbocycles. The smallest absolute Gasteiger partial charge is 0.243 e. The van der Waals surface area contributed by atoms with Gasteiger partial charge in [0, 0.05) is 16.6 Å². The summed E-state index contributed by atoms with van der Waals surface area (Å²) in [5.41, 5.74) is 3.95. The molecule has 1 N–H and O–H groups in total. The molecule has 6 rings (SSSR count). The maximum atomic E-state index is 13.7. The van der Waals surface area contributed by atoms with Crippen LogP contribution in [-0.4, -0.2) is 23.9 Å². The first kappa shape index (κ1) is 17.8. The Labute approximate surface area is 175 Å². The van der Waals surface area contributed by atoms with E-state index >= 15 is 0 Å². The molecule has 4 atom stereocenters. The Balaban J connectivity index is 1.52. The van der Waals surface area contributed by atoms with Crippen LogP contribution >= 0.6 is 0 Å². The predicted molar refractivity (Wildman–Crippen MR) is 115 cm³/mol. The first-order chi connectivity index (χ1) is 14.7. The van der Waals surface area contributed by atoms with Crippen molar-refractivity contribution in [2.45, 2.75) is 37.5 Å². The molecule has 3 aliphatic rings. The minimum absolute atomic E-state index is 0.0450. The molecule has 0 spiro atoms. The molecule has 3 aromatic rings. The lowest BCUT2D eigenvalue weighted by Crippen LogP contribution is -2.37. The molecule has 1 aliphatic heterocycles. The highest BCUT2D eigenvalue weighted by Gasteiger charge is 2.58. The normalized spacial score (nSPS) is 27.7. The Morgan fingerprint density at radius 3 is 2.53 bits per heavy atom. The number of benzene rings is 2. The topological polar surface area (TPSA) is 62.4 Å². The molecule has 4 unspecified atom stereocenters. The van der Waals surface area contributed by atoms with Crippen molar-refractivity contribution in [3.05, 3.63) is 59.8 Å². The maximum Gasteiger partial charge on any atom is 0.243 e. The van der Waals surface area contributed by atoms with Gasteiger partial charge in [-0.1, -0.05) is 31.0 Å². The molecule has 2 fully saturated rings. The second-order valence-corrected chi connectivity index (χ2v) is 8.77. The van der Waals surface area contributed by atoms with Crippen LogP contribution < -0.4 is 9.64 Å². The number of hydrogen-bond acceptors (Lipinski definition) is 3. The number of aromatic nitrogens is 1. The van der Waals surface area contributed by atoms with Gasteiger partial charge in [0.05, 0.1) is 24.6 Å². The molecule has 2 aromatic carbocycles. The number of imide groups is 1. The molecule has 2 amide bonds. The van der Waals surface area contributed by atoms with Gasteiger partial charge < -0.3 is 9.72 Å². The number of nitrogens with one attached hydrogen (secondary N) is 1. The zero-order valence-corrected chi connectivity index (χ0v) is 16.9. The molecular formula is C25H24N2O3. The summed E-state index contributed by atoms with van der Waals surface area (Å²) in [7, 11) is 1.61. The average Bonchev–Trinajstić information content (AvgIpc) is 3.29. The Kier molecular flexibility index (Phi) is 3.82. The summed E-state index contributed by atoms with van der Waals surface area (Å²) in [5.74, 6) is 0.449. The highest BCUT2D eigenvalue weighted by atomic mass is 16.5. The number of ether oxygens (including phenoxy) is 1. The lowest BCUT2D eigenvalue weighted by molar-refractivity contribution is -0.123. The molecule has 5 heteroatoms. The summed E-state index contributed by atoms with van der Waals surface area (Å²) in [5, 5.41) is 1.21. The fourth-order valence-electron chi connectivity index (χ4n) is 6.19. The number of fused-ring (bicyclic) bond motifs is 8. The van der Waals surface area contributed by atoms with Crippen LogP contribution in [0.3, 0.4) is 0 Å². The van der Waals surface area contributed by atoms with E-state index < -0.39 is 5.92 Å². The Morgan fingerprint density at radius 2 is 1.73 bits per heavy atom. The van der Waals surface area contributed by atoms with Gasteiger partial charge in [0.15, 0.2) is 0 Å². The lowest BCUT2D eigenvalue weighted by atomic mass is 9.61. The number of carbonyl (C=O) groups excluding carboxylic acids is 2. The van der Waals surface area contributed by atoms with E-state index in [9.17, 15) is 9.59 Å². The summed E-state index contributed by atoms with van der Waals surface area (Å²) < 4.78 is 5.24. The second-order valence-electron chi connectivity index (χ2n) is 8.77. The van der Waals surface area contributed by atoms with Gasteiger partial charge in [0.2, 0.25) is 11.8 Å². The third-order valence-corrected chi connectivity index (χ3v) is 7.42. The van der Waals surface area contributed by atoms with Gasteiger partial charge in [0.1, 0.15) is 5.75 Å². The molecule has 30 heavy (non-hydrogen) atoms. The van der Waals surface area contributed by atoms with E-state index in [1.807, 2.05) is 6.07 Å². The molecule has 0 bridgehead atoms. The number of para-hydroxylation sites is 1. The molecule has 1 saturated heterocycles. The zero-order valence-electron chi connectivity index (χ0n) is 16.9. The Hall–Kier alpha value is -3.08. The predicted octanol–water partition coefficient (Wildman–Crippen LogP) is 4.74.